The van der Waals surface area contributed by atoms with Gasteiger partial charge < -0.3 is 9.64 Å². The van der Waals surface area contributed by atoms with Crippen molar-refractivity contribution in [2.24, 2.45) is 5.84 Å². The SMILES string of the molecule is NNC(=O)c1ncc(F)cc1N1CCOCC1. The summed E-state index contributed by atoms with van der Waals surface area (Å²) in [5, 5.41) is 0. The van der Waals surface area contributed by atoms with Crippen LogP contribution in [0.3, 0.4) is 0 Å². The molecule has 2 heterocycles. The summed E-state index contributed by atoms with van der Waals surface area (Å²) in [7, 11) is 0. The van der Waals surface area contributed by atoms with Gasteiger partial charge in [-0.1, -0.05) is 0 Å². The number of nitrogens with one attached hydrogen (secondary N) is 1. The first-order chi connectivity index (χ1) is 8.22. The van der Waals surface area contributed by atoms with Gasteiger partial charge in [0.05, 0.1) is 25.1 Å². The Hall–Kier alpha value is -1.73. The Balaban J connectivity index is 2.35. The standard InChI is InChI=1S/C10H13FN4O2/c11-7-5-8(15-1-3-17-4-2-15)9(13-6-7)10(16)14-12/h5-6H,1-4,12H2,(H,14,16). The number of nitrogens with two attached hydrogens (primary N) is 1. The predicted molar refractivity (Wildman–Crippen MR) is 58.9 cm³/mol. The number of rotatable bonds is 2. The number of hydrazine groups is 1. The van der Waals surface area contributed by atoms with Gasteiger partial charge in [0.1, 0.15) is 5.82 Å². The van der Waals surface area contributed by atoms with Gasteiger partial charge in [0, 0.05) is 19.2 Å². The predicted octanol–water partition coefficient (Wildman–Crippen LogP) is -0.339. The fraction of sp³-hybridized carbons (Fsp3) is 0.400. The van der Waals surface area contributed by atoms with E-state index in [1.165, 1.54) is 6.07 Å². The lowest BCUT2D eigenvalue weighted by Crippen LogP contribution is -2.39. The van der Waals surface area contributed by atoms with Gasteiger partial charge in [-0.2, -0.15) is 0 Å². The van der Waals surface area contributed by atoms with Crippen molar-refractivity contribution in [1.82, 2.24) is 10.4 Å². The summed E-state index contributed by atoms with van der Waals surface area (Å²) >= 11 is 0. The average molecular weight is 240 g/mol. The van der Waals surface area contributed by atoms with E-state index in [1.54, 1.807) is 0 Å². The van der Waals surface area contributed by atoms with Gasteiger partial charge in [0.15, 0.2) is 5.69 Å². The van der Waals surface area contributed by atoms with E-state index >= 15 is 0 Å². The molecule has 0 bridgehead atoms. The van der Waals surface area contributed by atoms with E-state index in [-0.39, 0.29) is 5.69 Å². The first-order valence-electron chi connectivity index (χ1n) is 5.21. The minimum atomic E-state index is -0.536. The summed E-state index contributed by atoms with van der Waals surface area (Å²) < 4.78 is 18.4. The zero-order valence-electron chi connectivity index (χ0n) is 9.15. The first-order valence-corrected chi connectivity index (χ1v) is 5.21. The van der Waals surface area contributed by atoms with E-state index in [1.807, 2.05) is 10.3 Å². The second kappa shape index (κ2) is 5.07. The van der Waals surface area contributed by atoms with Crippen LogP contribution in [0.2, 0.25) is 0 Å². The van der Waals surface area contributed by atoms with Gasteiger partial charge >= 0.3 is 0 Å². The van der Waals surface area contributed by atoms with Crippen LogP contribution in [0.4, 0.5) is 10.1 Å². The lowest BCUT2D eigenvalue weighted by atomic mass is 10.2. The number of carbonyl (C=O) groups excluding carboxylic acids is 1. The molecule has 0 atom stereocenters. The number of nitrogens with zero attached hydrogens (tertiary/aromatic N) is 2. The topological polar surface area (TPSA) is 80.5 Å². The van der Waals surface area contributed by atoms with Crippen LogP contribution in [0.1, 0.15) is 10.5 Å². The van der Waals surface area contributed by atoms with Crippen molar-refractivity contribution in [3.63, 3.8) is 0 Å². The Morgan fingerprint density at radius 3 is 2.88 bits per heavy atom. The van der Waals surface area contributed by atoms with Crippen LogP contribution < -0.4 is 16.2 Å². The first kappa shape index (κ1) is 11.7. The molecule has 1 amide bonds. The molecule has 0 radical (unpaired) electrons. The average Bonchev–Trinajstić information content (AvgIpc) is 2.39. The summed E-state index contributed by atoms with van der Waals surface area (Å²) in [6.45, 7) is 2.27. The summed E-state index contributed by atoms with van der Waals surface area (Å²) in [6.07, 6.45) is 0.995. The summed E-state index contributed by atoms with van der Waals surface area (Å²) in [6, 6.07) is 1.28. The number of hydrogen-bond donors (Lipinski definition) is 2. The third-order valence-corrected chi connectivity index (χ3v) is 2.53. The smallest absolute Gasteiger partial charge is 0.285 e. The van der Waals surface area contributed by atoms with Crippen LogP contribution in [-0.2, 0) is 4.74 Å². The zero-order chi connectivity index (χ0) is 12.3. The summed E-state index contributed by atoms with van der Waals surface area (Å²) in [4.78, 5) is 17.1. The number of morpholine rings is 1. The number of carbonyl (C=O) groups is 1. The molecule has 0 saturated carbocycles. The molecule has 1 saturated heterocycles. The number of hydrogen-bond acceptors (Lipinski definition) is 5. The number of halogens is 1. The van der Waals surface area contributed by atoms with E-state index in [9.17, 15) is 9.18 Å². The fourth-order valence-corrected chi connectivity index (χ4v) is 1.72. The zero-order valence-corrected chi connectivity index (χ0v) is 9.15. The number of nitrogen functional groups attached to an aromatic ring is 1. The second-order valence-electron chi connectivity index (χ2n) is 3.59. The Kier molecular flexibility index (Phi) is 3.50. The fourth-order valence-electron chi connectivity index (χ4n) is 1.72. The molecule has 1 fully saturated rings. The number of aromatic nitrogens is 1. The molecule has 3 N–H and O–H groups in total. The molecule has 2 rings (SSSR count). The quantitative estimate of drug-likeness (QED) is 0.420. The van der Waals surface area contributed by atoms with Crippen LogP contribution in [0.15, 0.2) is 12.3 Å². The number of anilines is 1. The van der Waals surface area contributed by atoms with E-state index in [2.05, 4.69) is 4.98 Å². The van der Waals surface area contributed by atoms with Crippen LogP contribution in [-0.4, -0.2) is 37.2 Å². The van der Waals surface area contributed by atoms with Crippen molar-refractivity contribution in [3.05, 3.63) is 23.8 Å². The highest BCUT2D eigenvalue weighted by atomic mass is 19.1. The van der Waals surface area contributed by atoms with Gasteiger partial charge in [-0.25, -0.2) is 15.2 Å². The maximum absolute atomic E-state index is 13.2. The highest BCUT2D eigenvalue weighted by Gasteiger charge is 2.20. The van der Waals surface area contributed by atoms with Crippen LogP contribution in [0, 0.1) is 5.82 Å². The summed E-state index contributed by atoms with van der Waals surface area (Å²) in [5.41, 5.74) is 2.56. The molecule has 1 aliphatic rings. The number of amides is 1. The monoisotopic (exact) mass is 240 g/mol. The molecule has 1 aliphatic heterocycles. The van der Waals surface area contributed by atoms with E-state index < -0.39 is 11.7 Å². The van der Waals surface area contributed by atoms with Gasteiger partial charge in [0.2, 0.25) is 0 Å². The lowest BCUT2D eigenvalue weighted by Gasteiger charge is -2.29. The lowest BCUT2D eigenvalue weighted by molar-refractivity contribution is 0.0947. The molecular formula is C10H13FN4O2. The molecule has 17 heavy (non-hydrogen) atoms. The minimum Gasteiger partial charge on any atom is -0.378 e. The molecular weight excluding hydrogens is 227 g/mol. The Morgan fingerprint density at radius 2 is 2.24 bits per heavy atom. The highest BCUT2D eigenvalue weighted by Crippen LogP contribution is 2.20. The van der Waals surface area contributed by atoms with Gasteiger partial charge in [-0.05, 0) is 0 Å². The van der Waals surface area contributed by atoms with E-state index in [4.69, 9.17) is 10.6 Å². The molecule has 0 spiro atoms. The van der Waals surface area contributed by atoms with Crippen molar-refractivity contribution < 1.29 is 13.9 Å². The Bertz CT molecular complexity index is 421. The molecule has 92 valence electrons. The third-order valence-electron chi connectivity index (χ3n) is 2.53. The maximum atomic E-state index is 13.2. The largest absolute Gasteiger partial charge is 0.378 e. The van der Waals surface area contributed by atoms with Crippen molar-refractivity contribution >= 4 is 11.6 Å². The van der Waals surface area contributed by atoms with E-state index in [0.29, 0.717) is 32.0 Å². The maximum Gasteiger partial charge on any atom is 0.285 e. The van der Waals surface area contributed by atoms with Gasteiger partial charge in [-0.15, -0.1) is 0 Å². The van der Waals surface area contributed by atoms with Crippen molar-refractivity contribution in [1.29, 1.82) is 0 Å². The number of ether oxygens (including phenoxy) is 1. The van der Waals surface area contributed by atoms with Crippen LogP contribution in [0.25, 0.3) is 0 Å². The molecule has 0 unspecified atom stereocenters. The van der Waals surface area contributed by atoms with E-state index in [0.717, 1.165) is 6.20 Å². The highest BCUT2D eigenvalue weighted by molar-refractivity contribution is 5.97. The van der Waals surface area contributed by atoms with Crippen molar-refractivity contribution in [2.45, 2.75) is 0 Å². The normalized spacial score (nSPS) is 15.8. The number of pyridine rings is 1. The molecule has 7 heteroatoms. The van der Waals surface area contributed by atoms with Gasteiger partial charge in [-0.3, -0.25) is 10.2 Å². The minimum absolute atomic E-state index is 0.121. The molecule has 0 aromatic carbocycles. The second-order valence-corrected chi connectivity index (χ2v) is 3.59. The molecule has 0 aliphatic carbocycles. The third kappa shape index (κ3) is 2.51. The van der Waals surface area contributed by atoms with Crippen molar-refractivity contribution in [3.8, 4) is 0 Å². The van der Waals surface area contributed by atoms with Crippen LogP contribution >= 0.6 is 0 Å². The molecule has 1 aromatic rings. The molecule has 1 aromatic heterocycles. The van der Waals surface area contributed by atoms with Crippen LogP contribution in [0.5, 0.6) is 0 Å². The van der Waals surface area contributed by atoms with Gasteiger partial charge in [0.25, 0.3) is 5.91 Å². The van der Waals surface area contributed by atoms with Crippen molar-refractivity contribution in [2.75, 3.05) is 31.2 Å². The summed E-state index contributed by atoms with van der Waals surface area (Å²) in [5.74, 6) is 4.04. The molecule has 6 nitrogen and oxygen atoms in total. The Morgan fingerprint density at radius 1 is 1.53 bits per heavy atom. The Labute approximate surface area is 97.5 Å².